The van der Waals surface area contributed by atoms with Gasteiger partial charge in [-0.05, 0) is 31.0 Å². The van der Waals surface area contributed by atoms with E-state index in [0.29, 0.717) is 11.0 Å². The van der Waals surface area contributed by atoms with Gasteiger partial charge in [0.15, 0.2) is 5.13 Å². The molecule has 0 aliphatic heterocycles. The van der Waals surface area contributed by atoms with Crippen LogP contribution in [0.25, 0.3) is 0 Å². The fraction of sp³-hybridized carbons (Fsp3) is 0.222. The highest BCUT2D eigenvalue weighted by Crippen LogP contribution is 2.25. The first kappa shape index (κ1) is 18.3. The Morgan fingerprint density at radius 3 is 2.50 bits per heavy atom. The summed E-state index contributed by atoms with van der Waals surface area (Å²) in [5, 5.41) is 3.20. The number of thiazole rings is 1. The SMILES string of the molecule is Cc1ccc(S(=O)(=O)n2ccc(C(=O)Nc3ncc(C(C)C)s3)c2)cc1. The van der Waals surface area contributed by atoms with Crippen LogP contribution in [0.2, 0.25) is 0 Å². The van der Waals surface area contributed by atoms with E-state index in [1.54, 1.807) is 30.5 Å². The normalized spacial score (nSPS) is 11.7. The van der Waals surface area contributed by atoms with Gasteiger partial charge in [-0.1, -0.05) is 31.5 Å². The zero-order valence-electron chi connectivity index (χ0n) is 14.6. The molecule has 0 atom stereocenters. The second-order valence-corrected chi connectivity index (χ2v) is 9.13. The molecule has 0 unspecified atom stereocenters. The minimum Gasteiger partial charge on any atom is -0.298 e. The smallest absolute Gasteiger partial charge is 0.267 e. The zero-order chi connectivity index (χ0) is 18.9. The number of benzene rings is 1. The molecule has 0 aliphatic rings. The van der Waals surface area contributed by atoms with Crippen LogP contribution < -0.4 is 5.32 Å². The first-order chi connectivity index (χ1) is 12.3. The van der Waals surface area contributed by atoms with Crippen LogP contribution in [-0.2, 0) is 10.0 Å². The molecular weight excluding hydrogens is 370 g/mol. The number of aryl methyl sites for hydroxylation is 1. The molecule has 3 aromatic rings. The molecule has 2 heterocycles. The van der Waals surface area contributed by atoms with Gasteiger partial charge in [-0.15, -0.1) is 11.3 Å². The molecule has 6 nitrogen and oxygen atoms in total. The molecule has 1 N–H and O–H groups in total. The van der Waals surface area contributed by atoms with E-state index in [4.69, 9.17) is 0 Å². The Labute approximate surface area is 156 Å². The van der Waals surface area contributed by atoms with Crippen LogP contribution in [0.15, 0.2) is 53.8 Å². The topological polar surface area (TPSA) is 81.1 Å². The number of hydrogen-bond acceptors (Lipinski definition) is 5. The van der Waals surface area contributed by atoms with Gasteiger partial charge in [0.1, 0.15) is 0 Å². The predicted octanol–water partition coefficient (Wildman–Crippen LogP) is 3.87. The van der Waals surface area contributed by atoms with Crippen molar-refractivity contribution >= 4 is 32.4 Å². The third-order valence-electron chi connectivity index (χ3n) is 3.84. The number of nitrogens with one attached hydrogen (secondary N) is 1. The predicted molar refractivity (Wildman–Crippen MR) is 102 cm³/mol. The highest BCUT2D eigenvalue weighted by atomic mass is 32.2. The number of amides is 1. The van der Waals surface area contributed by atoms with Crippen LogP contribution in [0.5, 0.6) is 0 Å². The average Bonchev–Trinajstić information content (AvgIpc) is 3.25. The molecular formula is C18H19N3O3S2. The van der Waals surface area contributed by atoms with Crippen molar-refractivity contribution in [2.75, 3.05) is 5.32 Å². The highest BCUT2D eigenvalue weighted by Gasteiger charge is 2.19. The van der Waals surface area contributed by atoms with Crippen molar-refractivity contribution in [2.24, 2.45) is 0 Å². The minimum absolute atomic E-state index is 0.173. The fourth-order valence-electron chi connectivity index (χ4n) is 2.27. The summed E-state index contributed by atoms with van der Waals surface area (Å²) in [4.78, 5) is 17.8. The first-order valence-corrected chi connectivity index (χ1v) is 10.3. The van der Waals surface area contributed by atoms with Gasteiger partial charge in [-0.25, -0.2) is 17.4 Å². The Bertz CT molecular complexity index is 1030. The molecule has 0 saturated carbocycles. The number of carbonyl (C=O) groups is 1. The Balaban J connectivity index is 1.80. The van der Waals surface area contributed by atoms with E-state index in [1.165, 1.54) is 29.8 Å². The first-order valence-electron chi connectivity index (χ1n) is 8.04. The number of carbonyl (C=O) groups excluding carboxylic acids is 1. The lowest BCUT2D eigenvalue weighted by molar-refractivity contribution is 0.102. The van der Waals surface area contributed by atoms with Crippen molar-refractivity contribution < 1.29 is 13.2 Å². The van der Waals surface area contributed by atoms with E-state index in [9.17, 15) is 13.2 Å². The molecule has 3 rings (SSSR count). The van der Waals surface area contributed by atoms with E-state index >= 15 is 0 Å². The van der Waals surface area contributed by atoms with Crippen molar-refractivity contribution in [1.82, 2.24) is 8.96 Å². The number of hydrogen-bond donors (Lipinski definition) is 1. The van der Waals surface area contributed by atoms with E-state index in [-0.39, 0.29) is 10.5 Å². The van der Waals surface area contributed by atoms with E-state index < -0.39 is 15.9 Å². The molecule has 8 heteroatoms. The van der Waals surface area contributed by atoms with Gasteiger partial charge in [0.05, 0.1) is 10.5 Å². The summed E-state index contributed by atoms with van der Waals surface area (Å²) in [6.07, 6.45) is 4.41. The summed E-state index contributed by atoms with van der Waals surface area (Å²) in [5.41, 5.74) is 1.22. The van der Waals surface area contributed by atoms with Gasteiger partial charge in [0, 0.05) is 23.5 Å². The molecule has 1 aromatic carbocycles. The van der Waals surface area contributed by atoms with E-state index in [0.717, 1.165) is 14.4 Å². The maximum Gasteiger partial charge on any atom is 0.267 e. The molecule has 0 radical (unpaired) electrons. The minimum atomic E-state index is -3.72. The summed E-state index contributed by atoms with van der Waals surface area (Å²) in [7, 11) is -3.72. The number of rotatable bonds is 5. The molecule has 0 saturated heterocycles. The number of anilines is 1. The fourth-order valence-corrected chi connectivity index (χ4v) is 4.28. The van der Waals surface area contributed by atoms with Crippen LogP contribution in [-0.4, -0.2) is 23.3 Å². The molecule has 136 valence electrons. The van der Waals surface area contributed by atoms with E-state index in [1.807, 2.05) is 6.92 Å². The highest BCUT2D eigenvalue weighted by molar-refractivity contribution is 7.90. The molecule has 2 aromatic heterocycles. The summed E-state index contributed by atoms with van der Waals surface area (Å²) in [6.45, 7) is 5.99. The van der Waals surface area contributed by atoms with Gasteiger partial charge in [-0.2, -0.15) is 0 Å². The lowest BCUT2D eigenvalue weighted by Gasteiger charge is -2.05. The second kappa shape index (κ2) is 7.05. The van der Waals surface area contributed by atoms with Crippen LogP contribution >= 0.6 is 11.3 Å². The molecule has 0 spiro atoms. The number of aromatic nitrogens is 2. The zero-order valence-corrected chi connectivity index (χ0v) is 16.3. The molecule has 0 aliphatic carbocycles. The Morgan fingerprint density at radius 2 is 1.88 bits per heavy atom. The summed E-state index contributed by atoms with van der Waals surface area (Å²) in [5.74, 6) is -0.0635. The molecule has 26 heavy (non-hydrogen) atoms. The largest absolute Gasteiger partial charge is 0.298 e. The molecule has 0 bridgehead atoms. The van der Waals surface area contributed by atoms with Crippen LogP contribution in [0.1, 0.15) is 40.6 Å². The molecule has 0 fully saturated rings. The van der Waals surface area contributed by atoms with Crippen LogP contribution in [0.3, 0.4) is 0 Å². The van der Waals surface area contributed by atoms with Crippen molar-refractivity contribution in [3.63, 3.8) is 0 Å². The van der Waals surface area contributed by atoms with Crippen LogP contribution in [0, 0.1) is 6.92 Å². The number of nitrogens with zero attached hydrogens (tertiary/aromatic N) is 2. The third kappa shape index (κ3) is 3.71. The van der Waals surface area contributed by atoms with Gasteiger partial charge in [0.25, 0.3) is 15.9 Å². The third-order valence-corrected chi connectivity index (χ3v) is 6.70. The van der Waals surface area contributed by atoms with Crippen molar-refractivity contribution in [2.45, 2.75) is 31.6 Å². The summed E-state index contributed by atoms with van der Waals surface area (Å²) in [6, 6.07) is 8.04. The molecule has 1 amide bonds. The summed E-state index contributed by atoms with van der Waals surface area (Å²) < 4.78 is 26.3. The van der Waals surface area contributed by atoms with Gasteiger partial charge in [-0.3, -0.25) is 10.1 Å². The lowest BCUT2D eigenvalue weighted by atomic mass is 10.2. The van der Waals surface area contributed by atoms with Crippen molar-refractivity contribution in [1.29, 1.82) is 0 Å². The Kier molecular flexibility index (Phi) is 4.97. The maximum absolute atomic E-state index is 12.6. The monoisotopic (exact) mass is 389 g/mol. The Hall–Kier alpha value is -2.45. The Morgan fingerprint density at radius 1 is 1.19 bits per heavy atom. The summed E-state index contributed by atoms with van der Waals surface area (Å²) >= 11 is 1.41. The van der Waals surface area contributed by atoms with E-state index in [2.05, 4.69) is 24.1 Å². The van der Waals surface area contributed by atoms with Crippen LogP contribution in [0.4, 0.5) is 5.13 Å². The van der Waals surface area contributed by atoms with Gasteiger partial charge >= 0.3 is 0 Å². The standard InChI is InChI=1S/C18H19N3O3S2/c1-12(2)16-10-19-18(25-16)20-17(22)14-8-9-21(11-14)26(23,24)15-6-4-13(3)5-7-15/h4-12H,1-3H3,(H,19,20,22). The quantitative estimate of drug-likeness (QED) is 0.718. The van der Waals surface area contributed by atoms with Gasteiger partial charge < -0.3 is 0 Å². The van der Waals surface area contributed by atoms with Gasteiger partial charge in [0.2, 0.25) is 0 Å². The average molecular weight is 390 g/mol. The van der Waals surface area contributed by atoms with Crippen molar-refractivity contribution in [3.8, 4) is 0 Å². The second-order valence-electron chi connectivity index (χ2n) is 6.22. The van der Waals surface area contributed by atoms with Crippen molar-refractivity contribution in [3.05, 3.63) is 64.9 Å². The maximum atomic E-state index is 12.6. The lowest BCUT2D eigenvalue weighted by Crippen LogP contribution is -2.13.